The van der Waals surface area contributed by atoms with Crippen molar-refractivity contribution in [2.24, 2.45) is 0 Å². The Morgan fingerprint density at radius 2 is 1.14 bits per heavy atom. The van der Waals surface area contributed by atoms with Crippen LogP contribution in [0, 0.1) is 0 Å². The van der Waals surface area contributed by atoms with Crippen LogP contribution >= 0.6 is 0 Å². The summed E-state index contributed by atoms with van der Waals surface area (Å²) in [5.74, 6) is 0.130. The summed E-state index contributed by atoms with van der Waals surface area (Å²) >= 11 is 0. The van der Waals surface area contributed by atoms with E-state index in [-0.39, 0.29) is 11.2 Å². The van der Waals surface area contributed by atoms with Crippen molar-refractivity contribution < 1.29 is 9.53 Å². The molecule has 4 aromatic rings. The van der Waals surface area contributed by atoms with Crippen LogP contribution in [-0.2, 0) is 27.8 Å². The zero-order valence-corrected chi connectivity index (χ0v) is 24.9. The molecule has 0 bridgehead atoms. The molecule has 0 radical (unpaired) electrons. The summed E-state index contributed by atoms with van der Waals surface area (Å²) in [7, 11) is 1.76. The molecule has 5 rings (SSSR count). The van der Waals surface area contributed by atoms with Gasteiger partial charge >= 0.3 is 0 Å². The molecule has 42 heavy (non-hydrogen) atoms. The number of rotatable bonds is 13. The molecule has 0 heterocycles. The second kappa shape index (κ2) is 15.1. The summed E-state index contributed by atoms with van der Waals surface area (Å²) < 4.78 is 5.26. The standard InChI is InChI=1S/C36H36O2.C4H6/c1-3-31(37)13-5-4-11-27-18-22-29(23-19-27)36(30-24-20-28(21-25-30)12-10-26-38-2)34-16-8-6-14-32(34)33-15-7-9-17-35(33)36;1-3-4-2/h3,6-9,14-25H,1,4-5,10-13,26H2,2H3;3-4H,1-2H2. The predicted molar refractivity (Wildman–Crippen MR) is 177 cm³/mol. The van der Waals surface area contributed by atoms with Gasteiger partial charge in [-0.15, -0.1) is 0 Å². The van der Waals surface area contributed by atoms with Gasteiger partial charge in [-0.2, -0.15) is 0 Å². The van der Waals surface area contributed by atoms with Crippen molar-refractivity contribution in [3.05, 3.63) is 168 Å². The van der Waals surface area contributed by atoms with Crippen LogP contribution < -0.4 is 0 Å². The molecule has 1 aliphatic carbocycles. The van der Waals surface area contributed by atoms with Crippen molar-refractivity contribution in [1.82, 2.24) is 0 Å². The van der Waals surface area contributed by atoms with E-state index in [1.165, 1.54) is 50.6 Å². The first kappa shape index (κ1) is 30.7. The monoisotopic (exact) mass is 554 g/mol. The zero-order chi connectivity index (χ0) is 29.8. The summed E-state index contributed by atoms with van der Waals surface area (Å²) in [5, 5.41) is 0. The van der Waals surface area contributed by atoms with Crippen LogP contribution in [0.3, 0.4) is 0 Å². The van der Waals surface area contributed by atoms with Crippen LogP contribution in [0.25, 0.3) is 11.1 Å². The van der Waals surface area contributed by atoms with Crippen LogP contribution in [0.4, 0.5) is 0 Å². The van der Waals surface area contributed by atoms with Gasteiger partial charge in [-0.05, 0) is 82.7 Å². The highest BCUT2D eigenvalue weighted by atomic mass is 16.5. The average molecular weight is 555 g/mol. The van der Waals surface area contributed by atoms with Gasteiger partial charge < -0.3 is 4.74 Å². The number of allylic oxidation sites excluding steroid dienone is 3. The fourth-order valence-corrected chi connectivity index (χ4v) is 6.02. The number of carbonyl (C=O) groups is 1. The van der Waals surface area contributed by atoms with Crippen molar-refractivity contribution in [2.45, 2.75) is 43.9 Å². The lowest BCUT2D eigenvalue weighted by molar-refractivity contribution is -0.114. The molecular formula is C40H42O2. The first-order valence-electron chi connectivity index (χ1n) is 14.9. The highest BCUT2D eigenvalue weighted by Gasteiger charge is 2.45. The highest BCUT2D eigenvalue weighted by Crippen LogP contribution is 2.55. The van der Waals surface area contributed by atoms with Gasteiger partial charge in [-0.1, -0.05) is 129 Å². The highest BCUT2D eigenvalue weighted by molar-refractivity contribution is 5.89. The van der Waals surface area contributed by atoms with E-state index in [0.717, 1.165) is 38.7 Å². The number of carbonyl (C=O) groups excluding carboxylic acids is 1. The molecule has 0 atom stereocenters. The topological polar surface area (TPSA) is 26.3 Å². The number of unbranched alkanes of at least 4 members (excludes halogenated alkanes) is 1. The second-order valence-corrected chi connectivity index (χ2v) is 10.7. The van der Waals surface area contributed by atoms with Crippen LogP contribution in [-0.4, -0.2) is 19.5 Å². The molecule has 0 saturated heterocycles. The SMILES string of the molecule is C=CC(=O)CCCCc1ccc(C2(c3ccc(CCCOC)cc3)c3ccccc3-c3ccccc32)cc1.C=CC=C. The normalized spacial score (nSPS) is 12.3. The Kier molecular flexibility index (Phi) is 11.0. The maximum atomic E-state index is 11.5. The third kappa shape index (κ3) is 6.61. The summed E-state index contributed by atoms with van der Waals surface area (Å²) in [6.45, 7) is 11.1. The first-order chi connectivity index (χ1) is 20.6. The van der Waals surface area contributed by atoms with Gasteiger partial charge in [0.15, 0.2) is 5.78 Å². The third-order valence-corrected chi connectivity index (χ3v) is 8.07. The van der Waals surface area contributed by atoms with Crippen LogP contribution in [0.1, 0.15) is 59.1 Å². The van der Waals surface area contributed by atoms with E-state index in [2.05, 4.69) is 117 Å². The van der Waals surface area contributed by atoms with E-state index in [9.17, 15) is 4.79 Å². The quantitative estimate of drug-likeness (QED) is 0.0823. The summed E-state index contributed by atoms with van der Waals surface area (Å²) in [4.78, 5) is 11.5. The van der Waals surface area contributed by atoms with Crippen LogP contribution in [0.5, 0.6) is 0 Å². The Bertz CT molecular complexity index is 1440. The lowest BCUT2D eigenvalue weighted by Gasteiger charge is -2.34. The molecule has 1 aliphatic rings. The number of hydrogen-bond donors (Lipinski definition) is 0. The van der Waals surface area contributed by atoms with Gasteiger partial charge in [0.05, 0.1) is 5.41 Å². The van der Waals surface area contributed by atoms with Crippen molar-refractivity contribution in [3.63, 3.8) is 0 Å². The van der Waals surface area contributed by atoms with Crippen molar-refractivity contribution in [2.75, 3.05) is 13.7 Å². The number of hydrogen-bond acceptors (Lipinski definition) is 2. The molecule has 2 nitrogen and oxygen atoms in total. The lowest BCUT2D eigenvalue weighted by Crippen LogP contribution is -2.28. The van der Waals surface area contributed by atoms with Gasteiger partial charge in [0.2, 0.25) is 0 Å². The van der Waals surface area contributed by atoms with Crippen molar-refractivity contribution >= 4 is 5.78 Å². The van der Waals surface area contributed by atoms with Crippen molar-refractivity contribution in [1.29, 1.82) is 0 Å². The van der Waals surface area contributed by atoms with E-state index in [4.69, 9.17) is 4.74 Å². The maximum Gasteiger partial charge on any atom is 0.155 e. The molecule has 0 spiro atoms. The number of benzene rings is 4. The van der Waals surface area contributed by atoms with E-state index < -0.39 is 0 Å². The van der Waals surface area contributed by atoms with Crippen molar-refractivity contribution in [3.8, 4) is 11.1 Å². The average Bonchev–Trinajstić information content (AvgIpc) is 3.35. The number of fused-ring (bicyclic) bond motifs is 3. The second-order valence-electron chi connectivity index (χ2n) is 10.7. The molecule has 0 aliphatic heterocycles. The largest absolute Gasteiger partial charge is 0.385 e. The Morgan fingerprint density at radius 1 is 0.667 bits per heavy atom. The van der Waals surface area contributed by atoms with Crippen LogP contribution in [0.2, 0.25) is 0 Å². The van der Waals surface area contributed by atoms with Gasteiger partial charge in [-0.25, -0.2) is 0 Å². The minimum Gasteiger partial charge on any atom is -0.385 e. The molecule has 214 valence electrons. The summed E-state index contributed by atoms with van der Waals surface area (Å²) in [6.07, 6.45) is 10.2. The molecule has 0 aromatic heterocycles. The minimum atomic E-state index is -0.368. The number of ketones is 1. The molecule has 0 fully saturated rings. The first-order valence-corrected chi connectivity index (χ1v) is 14.9. The smallest absolute Gasteiger partial charge is 0.155 e. The molecule has 0 unspecified atom stereocenters. The molecule has 0 amide bonds. The Labute approximate surface area is 252 Å². The van der Waals surface area contributed by atoms with Gasteiger partial charge in [0.1, 0.15) is 0 Å². The van der Waals surface area contributed by atoms with Gasteiger partial charge in [0, 0.05) is 20.1 Å². The number of aryl methyl sites for hydroxylation is 2. The third-order valence-electron chi connectivity index (χ3n) is 8.07. The fourth-order valence-electron chi connectivity index (χ4n) is 6.02. The zero-order valence-electron chi connectivity index (χ0n) is 24.9. The van der Waals surface area contributed by atoms with Gasteiger partial charge in [0.25, 0.3) is 0 Å². The van der Waals surface area contributed by atoms with E-state index in [0.29, 0.717) is 6.42 Å². The molecule has 2 heteroatoms. The Hall–Kier alpha value is -4.27. The number of ether oxygens (including phenoxy) is 1. The van der Waals surface area contributed by atoms with E-state index in [1.807, 2.05) is 0 Å². The Morgan fingerprint density at radius 3 is 1.60 bits per heavy atom. The lowest BCUT2D eigenvalue weighted by atomic mass is 9.67. The van der Waals surface area contributed by atoms with E-state index >= 15 is 0 Å². The number of methoxy groups -OCH3 is 1. The summed E-state index contributed by atoms with van der Waals surface area (Å²) in [6, 6.07) is 36.1. The molecule has 0 N–H and O–H groups in total. The van der Waals surface area contributed by atoms with Gasteiger partial charge in [-0.3, -0.25) is 4.79 Å². The van der Waals surface area contributed by atoms with E-state index in [1.54, 1.807) is 19.3 Å². The van der Waals surface area contributed by atoms with Crippen LogP contribution in [0.15, 0.2) is 135 Å². The summed E-state index contributed by atoms with van der Waals surface area (Å²) in [5.41, 5.74) is 10.1. The fraction of sp³-hybridized carbons (Fsp3) is 0.225. The predicted octanol–water partition coefficient (Wildman–Crippen LogP) is 9.46. The maximum absolute atomic E-state index is 11.5. The molecule has 4 aromatic carbocycles. The Balaban J connectivity index is 0.000000952. The minimum absolute atomic E-state index is 0.130. The molecular weight excluding hydrogens is 512 g/mol. The molecule has 0 saturated carbocycles.